The van der Waals surface area contributed by atoms with Crippen molar-refractivity contribution in [3.05, 3.63) is 0 Å². The number of aliphatic hydroxyl groups excluding tert-OH is 2. The molecule has 5 aliphatic carbocycles. The highest BCUT2D eigenvalue weighted by Crippen LogP contribution is 2.70. The quantitative estimate of drug-likeness (QED) is 0.384. The highest BCUT2D eigenvalue weighted by atomic mass is 16.5. The van der Waals surface area contributed by atoms with Gasteiger partial charge in [-0.15, -0.1) is 0 Å². The van der Waals surface area contributed by atoms with Crippen molar-refractivity contribution in [2.75, 3.05) is 0 Å². The molecule has 10 atom stereocenters. The molecule has 2 unspecified atom stereocenters. The number of carbonyl (C=O) groups is 1. The maximum Gasteiger partial charge on any atom is 0.309 e. The summed E-state index contributed by atoms with van der Waals surface area (Å²) in [6, 6.07) is 0. The van der Waals surface area contributed by atoms with E-state index in [0.29, 0.717) is 19.3 Å². The van der Waals surface area contributed by atoms with E-state index in [0.717, 1.165) is 32.1 Å². The number of aliphatic hydroxyl groups is 5. The topological polar surface area (TPSA) is 127 Å². The van der Waals surface area contributed by atoms with Crippen molar-refractivity contribution in [1.82, 2.24) is 0 Å². The maximum atomic E-state index is 13.3. The van der Waals surface area contributed by atoms with Crippen LogP contribution in [0.4, 0.5) is 0 Å². The van der Waals surface area contributed by atoms with E-state index in [1.165, 1.54) is 0 Å². The maximum absolute atomic E-state index is 13.3. The molecule has 5 rings (SSSR count). The third kappa shape index (κ3) is 3.09. The van der Waals surface area contributed by atoms with Crippen LogP contribution in [0.3, 0.4) is 0 Å². The lowest BCUT2D eigenvalue weighted by Gasteiger charge is -2.52. The summed E-state index contributed by atoms with van der Waals surface area (Å²) in [6.45, 7) is 7.00. The Hall–Kier alpha value is -0.730. The molecule has 5 fully saturated rings. The van der Waals surface area contributed by atoms with E-state index in [1.807, 2.05) is 0 Å². The van der Waals surface area contributed by atoms with Crippen LogP contribution in [-0.2, 0) is 9.53 Å². The minimum atomic E-state index is -1.70. The fourth-order valence-electron chi connectivity index (χ4n) is 9.52. The molecule has 34 heavy (non-hydrogen) atoms. The number of fused-ring (bicyclic) bond motifs is 2. The Kier molecular flexibility index (Phi) is 5.60. The van der Waals surface area contributed by atoms with Crippen LogP contribution in [0.25, 0.3) is 0 Å². The number of hydrogen-bond acceptors (Lipinski definition) is 7. The number of rotatable bonds is 2. The molecule has 0 aromatic heterocycles. The molecule has 0 aliphatic heterocycles. The van der Waals surface area contributed by atoms with Crippen LogP contribution in [0.5, 0.6) is 0 Å². The third-order valence-electron chi connectivity index (χ3n) is 11.4. The number of esters is 1. The Balaban J connectivity index is 1.58. The molecule has 2 bridgehead atoms. The lowest BCUT2D eigenvalue weighted by atomic mass is 9.57. The van der Waals surface area contributed by atoms with E-state index in [1.54, 1.807) is 27.7 Å². The number of carbonyl (C=O) groups excluding carboxylic acids is 1. The number of ether oxygens (including phenoxy) is 1. The Morgan fingerprint density at radius 2 is 1.50 bits per heavy atom. The normalized spacial score (nSPS) is 54.7. The van der Waals surface area contributed by atoms with Gasteiger partial charge in [-0.1, -0.05) is 33.1 Å². The van der Waals surface area contributed by atoms with E-state index >= 15 is 0 Å². The predicted octanol–water partition coefficient (Wildman–Crippen LogP) is 2.30. The fourth-order valence-corrected chi connectivity index (χ4v) is 9.52. The van der Waals surface area contributed by atoms with Gasteiger partial charge in [-0.05, 0) is 64.7 Å². The van der Waals surface area contributed by atoms with E-state index in [-0.39, 0.29) is 36.6 Å². The molecule has 5 aliphatic rings. The minimum Gasteiger partial charge on any atom is -0.461 e. The second kappa shape index (κ2) is 7.64. The SMILES string of the molecule is CC1(C)[C@@H](O)C[C@H]2[C@](C)(O)[C@@H]3CC[C@H]4C(OC(=O)C5CCCCC5)C3(C[C@@H](O)[C@@]21O)C[C@@]4(C)O. The monoisotopic (exact) mass is 480 g/mol. The zero-order valence-corrected chi connectivity index (χ0v) is 21.2. The van der Waals surface area contributed by atoms with Crippen molar-refractivity contribution < 1.29 is 35.1 Å². The first-order valence-corrected chi connectivity index (χ1v) is 13.4. The van der Waals surface area contributed by atoms with Gasteiger partial charge in [0.05, 0.1) is 29.3 Å². The molecule has 5 saturated carbocycles. The van der Waals surface area contributed by atoms with E-state index in [9.17, 15) is 30.3 Å². The molecule has 0 aromatic rings. The van der Waals surface area contributed by atoms with Crippen LogP contribution in [0, 0.1) is 34.5 Å². The molecule has 7 heteroatoms. The highest BCUT2D eigenvalue weighted by molar-refractivity contribution is 5.73. The van der Waals surface area contributed by atoms with Gasteiger partial charge < -0.3 is 30.3 Å². The zero-order valence-electron chi connectivity index (χ0n) is 21.2. The Labute approximate surface area is 202 Å². The highest BCUT2D eigenvalue weighted by Gasteiger charge is 2.77. The van der Waals surface area contributed by atoms with Crippen LogP contribution >= 0.6 is 0 Å². The van der Waals surface area contributed by atoms with Gasteiger partial charge in [0.15, 0.2) is 0 Å². The summed E-state index contributed by atoms with van der Waals surface area (Å²) >= 11 is 0. The van der Waals surface area contributed by atoms with Crippen LogP contribution in [0.15, 0.2) is 0 Å². The summed E-state index contributed by atoms with van der Waals surface area (Å²) in [6.07, 6.45) is 3.90. The molecule has 194 valence electrons. The molecule has 0 amide bonds. The molecule has 0 heterocycles. The van der Waals surface area contributed by atoms with Gasteiger partial charge in [0.1, 0.15) is 11.7 Å². The molecular weight excluding hydrogens is 436 g/mol. The van der Waals surface area contributed by atoms with Gasteiger partial charge in [0.2, 0.25) is 0 Å². The van der Waals surface area contributed by atoms with E-state index in [4.69, 9.17) is 4.74 Å². The van der Waals surface area contributed by atoms with Crippen molar-refractivity contribution in [2.45, 2.75) is 127 Å². The third-order valence-corrected chi connectivity index (χ3v) is 11.4. The first kappa shape index (κ1) is 24.9. The second-order valence-electron chi connectivity index (χ2n) is 13.5. The molecular formula is C27H44O7. The average Bonchev–Trinajstić information content (AvgIpc) is 2.99. The first-order chi connectivity index (χ1) is 15.7. The standard InChI is InChI=1S/C27H44O7/c1-23(2)19(28)12-18-25(4,32)17-11-10-16-21(34-22(30)15-8-6-5-7-9-15)26(17,14-24(16,3)31)13-20(29)27(18,23)33/h15-21,28-29,31-33H,5-14H2,1-4H3/t16-,17-,18-,19-,20+,21?,24+,25+,26?,27-/m0/s1. The van der Waals surface area contributed by atoms with E-state index in [2.05, 4.69) is 0 Å². The summed E-state index contributed by atoms with van der Waals surface area (Å²) in [5.41, 5.74) is -6.09. The Bertz CT molecular complexity index is 831. The second-order valence-corrected chi connectivity index (χ2v) is 13.5. The smallest absolute Gasteiger partial charge is 0.309 e. The lowest BCUT2D eigenvalue weighted by Crippen LogP contribution is -2.60. The first-order valence-electron chi connectivity index (χ1n) is 13.4. The van der Waals surface area contributed by atoms with Gasteiger partial charge in [0, 0.05) is 22.7 Å². The molecule has 7 nitrogen and oxygen atoms in total. The van der Waals surface area contributed by atoms with Gasteiger partial charge in [0.25, 0.3) is 0 Å². The summed E-state index contributed by atoms with van der Waals surface area (Å²) in [4.78, 5) is 13.3. The molecule has 0 saturated heterocycles. The van der Waals surface area contributed by atoms with Crippen LogP contribution in [-0.4, -0.2) is 66.6 Å². The van der Waals surface area contributed by atoms with Gasteiger partial charge in [-0.2, -0.15) is 0 Å². The van der Waals surface area contributed by atoms with Crippen molar-refractivity contribution >= 4 is 5.97 Å². The summed E-state index contributed by atoms with van der Waals surface area (Å²) in [5.74, 6) is -1.75. The van der Waals surface area contributed by atoms with Crippen molar-refractivity contribution in [3.8, 4) is 0 Å². The van der Waals surface area contributed by atoms with Gasteiger partial charge in [-0.25, -0.2) is 0 Å². The van der Waals surface area contributed by atoms with Gasteiger partial charge >= 0.3 is 5.97 Å². The molecule has 0 aromatic carbocycles. The Morgan fingerprint density at radius 3 is 2.15 bits per heavy atom. The van der Waals surface area contributed by atoms with Crippen molar-refractivity contribution in [1.29, 1.82) is 0 Å². The fraction of sp³-hybridized carbons (Fsp3) is 0.963. The van der Waals surface area contributed by atoms with Crippen molar-refractivity contribution in [2.24, 2.45) is 34.5 Å². The van der Waals surface area contributed by atoms with Crippen LogP contribution in [0.2, 0.25) is 0 Å². The summed E-state index contributed by atoms with van der Waals surface area (Å²) < 4.78 is 6.29. The Morgan fingerprint density at radius 1 is 0.853 bits per heavy atom. The minimum absolute atomic E-state index is 0.117. The lowest BCUT2D eigenvalue weighted by molar-refractivity contribution is -0.202. The summed E-state index contributed by atoms with van der Waals surface area (Å²) in [7, 11) is 0. The summed E-state index contributed by atoms with van der Waals surface area (Å²) in [5, 5.41) is 58.1. The zero-order chi connectivity index (χ0) is 24.9. The van der Waals surface area contributed by atoms with Gasteiger partial charge in [-0.3, -0.25) is 4.79 Å². The molecule has 0 radical (unpaired) electrons. The van der Waals surface area contributed by atoms with Crippen LogP contribution < -0.4 is 0 Å². The molecule has 5 N–H and O–H groups in total. The predicted molar refractivity (Wildman–Crippen MR) is 124 cm³/mol. The van der Waals surface area contributed by atoms with Crippen molar-refractivity contribution in [3.63, 3.8) is 0 Å². The number of hydrogen-bond donors (Lipinski definition) is 5. The van der Waals surface area contributed by atoms with E-state index < -0.39 is 51.9 Å². The average molecular weight is 481 g/mol. The molecule has 1 spiro atoms. The largest absolute Gasteiger partial charge is 0.461 e. The van der Waals surface area contributed by atoms with Crippen LogP contribution in [0.1, 0.15) is 91.9 Å².